The molecule has 0 aliphatic heterocycles. The minimum Gasteiger partial charge on any atom is -0.335 e. The SMILES string of the molecule is c1csc(-c2cncc3[nH]c(-c4[nH]nc5ncc(-c6cncnc6)cc45)nc23)c1. The molecule has 0 bridgehead atoms. The normalized spacial score (nSPS) is 11.4. The predicted molar refractivity (Wildman–Crippen MR) is 111 cm³/mol. The van der Waals surface area contributed by atoms with E-state index in [1.807, 2.05) is 23.7 Å². The third kappa shape index (κ3) is 2.59. The summed E-state index contributed by atoms with van der Waals surface area (Å²) in [6, 6.07) is 6.11. The van der Waals surface area contributed by atoms with Gasteiger partial charge in [-0.05, 0) is 17.5 Å². The van der Waals surface area contributed by atoms with E-state index in [1.54, 1.807) is 36.1 Å². The fraction of sp³-hybridized carbons (Fsp3) is 0. The van der Waals surface area contributed by atoms with Crippen LogP contribution in [0.1, 0.15) is 0 Å². The largest absolute Gasteiger partial charge is 0.335 e. The first-order valence-electron chi connectivity index (χ1n) is 8.84. The zero-order valence-corrected chi connectivity index (χ0v) is 15.7. The topological polar surface area (TPSA) is 109 Å². The maximum atomic E-state index is 4.85. The number of hydrogen-bond acceptors (Lipinski definition) is 7. The van der Waals surface area contributed by atoms with Crippen LogP contribution < -0.4 is 0 Å². The quantitative estimate of drug-likeness (QED) is 0.466. The summed E-state index contributed by atoms with van der Waals surface area (Å²) in [6.07, 6.45) is 10.4. The molecule has 6 heterocycles. The number of imidazole rings is 1. The minimum atomic E-state index is 0.623. The Morgan fingerprint density at radius 3 is 2.72 bits per heavy atom. The Kier molecular flexibility index (Phi) is 3.47. The molecule has 0 aromatic carbocycles. The number of pyridine rings is 2. The average Bonchev–Trinajstić information content (AvgIpc) is 3.52. The second kappa shape index (κ2) is 6.28. The number of fused-ring (bicyclic) bond motifs is 2. The van der Waals surface area contributed by atoms with Gasteiger partial charge in [0.1, 0.15) is 17.5 Å². The summed E-state index contributed by atoms with van der Waals surface area (Å²) in [7, 11) is 0. The molecule has 8 nitrogen and oxygen atoms in total. The molecule has 29 heavy (non-hydrogen) atoms. The van der Waals surface area contributed by atoms with Crippen molar-refractivity contribution in [1.82, 2.24) is 40.1 Å². The van der Waals surface area contributed by atoms with E-state index >= 15 is 0 Å². The fourth-order valence-electron chi connectivity index (χ4n) is 3.35. The van der Waals surface area contributed by atoms with Crippen LogP contribution in [0.5, 0.6) is 0 Å². The molecule has 0 saturated heterocycles. The maximum absolute atomic E-state index is 4.85. The summed E-state index contributed by atoms with van der Waals surface area (Å²) in [4.78, 5) is 26.3. The molecule has 6 rings (SSSR count). The molecule has 0 unspecified atom stereocenters. The molecule has 2 N–H and O–H groups in total. The second-order valence-corrected chi connectivity index (χ2v) is 7.41. The molecule has 0 spiro atoms. The highest BCUT2D eigenvalue weighted by Crippen LogP contribution is 2.33. The summed E-state index contributed by atoms with van der Waals surface area (Å²) >= 11 is 1.66. The number of hydrogen-bond donors (Lipinski definition) is 2. The zero-order valence-electron chi connectivity index (χ0n) is 14.9. The van der Waals surface area contributed by atoms with E-state index in [2.05, 4.69) is 41.2 Å². The standard InChI is InChI=1S/C20H12N8S/c1-2-16(29-3-1)14-8-21-9-15-17(14)26-20(25-15)18-13-4-11(7-24-19(13)28-27-18)12-5-22-10-23-6-12/h1-10H,(H,25,26)(H,24,27,28). The maximum Gasteiger partial charge on any atom is 0.181 e. The van der Waals surface area contributed by atoms with Crippen LogP contribution >= 0.6 is 11.3 Å². The summed E-state index contributed by atoms with van der Waals surface area (Å²) in [6.45, 7) is 0. The van der Waals surface area contributed by atoms with Crippen LogP contribution in [0.15, 0.2) is 60.9 Å². The van der Waals surface area contributed by atoms with E-state index in [-0.39, 0.29) is 0 Å². The summed E-state index contributed by atoms with van der Waals surface area (Å²) in [5, 5.41) is 10.3. The number of rotatable bonds is 3. The van der Waals surface area contributed by atoms with Crippen molar-refractivity contribution in [3.63, 3.8) is 0 Å². The Labute approximate surface area is 167 Å². The van der Waals surface area contributed by atoms with Crippen LogP contribution in [0.4, 0.5) is 0 Å². The van der Waals surface area contributed by atoms with Gasteiger partial charge in [0.2, 0.25) is 0 Å². The lowest BCUT2D eigenvalue weighted by Crippen LogP contribution is -1.85. The molecule has 6 aromatic heterocycles. The van der Waals surface area contributed by atoms with Crippen molar-refractivity contribution >= 4 is 33.4 Å². The van der Waals surface area contributed by atoms with E-state index in [1.165, 1.54) is 6.33 Å². The molecule has 0 aliphatic carbocycles. The Bertz CT molecular complexity index is 1450. The van der Waals surface area contributed by atoms with E-state index in [9.17, 15) is 0 Å². The van der Waals surface area contributed by atoms with Crippen LogP contribution in [-0.4, -0.2) is 40.1 Å². The van der Waals surface area contributed by atoms with Crippen LogP contribution in [0.2, 0.25) is 0 Å². The lowest BCUT2D eigenvalue weighted by atomic mass is 10.1. The first kappa shape index (κ1) is 16.0. The lowest BCUT2D eigenvalue weighted by molar-refractivity contribution is 1.09. The van der Waals surface area contributed by atoms with Gasteiger partial charge >= 0.3 is 0 Å². The van der Waals surface area contributed by atoms with Gasteiger partial charge in [0, 0.05) is 46.4 Å². The van der Waals surface area contributed by atoms with Crippen molar-refractivity contribution < 1.29 is 0 Å². The molecule has 0 aliphatic rings. The van der Waals surface area contributed by atoms with Crippen molar-refractivity contribution in [3.8, 4) is 33.1 Å². The van der Waals surface area contributed by atoms with Crippen LogP contribution in [-0.2, 0) is 0 Å². The summed E-state index contributed by atoms with van der Waals surface area (Å²) < 4.78 is 0. The Hall–Kier alpha value is -3.98. The molecule has 0 radical (unpaired) electrons. The molecule has 0 saturated carbocycles. The molecular formula is C20H12N8S. The highest BCUT2D eigenvalue weighted by Gasteiger charge is 2.16. The monoisotopic (exact) mass is 396 g/mol. The number of nitrogens with one attached hydrogen (secondary N) is 2. The van der Waals surface area contributed by atoms with Crippen LogP contribution in [0.25, 0.3) is 55.2 Å². The van der Waals surface area contributed by atoms with Gasteiger partial charge in [0.05, 0.1) is 17.1 Å². The van der Waals surface area contributed by atoms with E-state index in [0.717, 1.165) is 43.7 Å². The van der Waals surface area contributed by atoms with Crippen molar-refractivity contribution in [2.75, 3.05) is 0 Å². The van der Waals surface area contributed by atoms with E-state index in [4.69, 9.17) is 4.98 Å². The third-order valence-corrected chi connectivity index (χ3v) is 5.62. The van der Waals surface area contributed by atoms with Crippen LogP contribution in [0.3, 0.4) is 0 Å². The minimum absolute atomic E-state index is 0.623. The third-order valence-electron chi connectivity index (χ3n) is 4.72. The average molecular weight is 396 g/mol. The first-order valence-corrected chi connectivity index (χ1v) is 9.72. The van der Waals surface area contributed by atoms with Crippen molar-refractivity contribution in [2.45, 2.75) is 0 Å². The predicted octanol–water partition coefficient (Wildman–Crippen LogP) is 4.08. The van der Waals surface area contributed by atoms with Gasteiger partial charge in [-0.2, -0.15) is 5.10 Å². The number of aromatic amines is 2. The van der Waals surface area contributed by atoms with E-state index in [0.29, 0.717) is 11.5 Å². The van der Waals surface area contributed by atoms with Crippen molar-refractivity contribution in [3.05, 3.63) is 60.9 Å². The number of aromatic nitrogens is 8. The molecule has 9 heteroatoms. The Balaban J connectivity index is 1.53. The number of nitrogens with zero attached hydrogens (tertiary/aromatic N) is 6. The van der Waals surface area contributed by atoms with Gasteiger partial charge in [0.25, 0.3) is 0 Å². The molecule has 0 amide bonds. The highest BCUT2D eigenvalue weighted by molar-refractivity contribution is 7.13. The molecular weight excluding hydrogens is 384 g/mol. The number of H-pyrrole nitrogens is 2. The van der Waals surface area contributed by atoms with E-state index < -0.39 is 0 Å². The number of thiophene rings is 1. The molecule has 0 fully saturated rings. The fourth-order valence-corrected chi connectivity index (χ4v) is 4.09. The van der Waals surface area contributed by atoms with Gasteiger partial charge in [-0.3, -0.25) is 10.1 Å². The van der Waals surface area contributed by atoms with Gasteiger partial charge in [-0.1, -0.05) is 6.07 Å². The van der Waals surface area contributed by atoms with Gasteiger partial charge < -0.3 is 4.98 Å². The zero-order chi connectivity index (χ0) is 19.2. The van der Waals surface area contributed by atoms with Crippen molar-refractivity contribution in [1.29, 1.82) is 0 Å². The highest BCUT2D eigenvalue weighted by atomic mass is 32.1. The van der Waals surface area contributed by atoms with Gasteiger partial charge in [-0.25, -0.2) is 19.9 Å². The Morgan fingerprint density at radius 1 is 0.931 bits per heavy atom. The summed E-state index contributed by atoms with van der Waals surface area (Å²) in [5.74, 6) is 0.691. The molecule has 0 atom stereocenters. The van der Waals surface area contributed by atoms with Gasteiger partial charge in [0.15, 0.2) is 11.5 Å². The Morgan fingerprint density at radius 2 is 1.86 bits per heavy atom. The molecule has 6 aromatic rings. The summed E-state index contributed by atoms with van der Waals surface area (Å²) in [5.41, 5.74) is 5.96. The van der Waals surface area contributed by atoms with Crippen molar-refractivity contribution in [2.24, 2.45) is 0 Å². The smallest absolute Gasteiger partial charge is 0.181 e. The second-order valence-electron chi connectivity index (χ2n) is 6.47. The van der Waals surface area contributed by atoms with Gasteiger partial charge in [-0.15, -0.1) is 11.3 Å². The van der Waals surface area contributed by atoms with Crippen LogP contribution in [0, 0.1) is 0 Å². The first-order chi connectivity index (χ1) is 14.4. The lowest BCUT2D eigenvalue weighted by Gasteiger charge is -2.00. The molecule has 138 valence electrons.